The van der Waals surface area contributed by atoms with Gasteiger partial charge in [0.1, 0.15) is 5.00 Å². The molecule has 0 fully saturated rings. The number of nitriles is 1. The van der Waals surface area contributed by atoms with Gasteiger partial charge in [0.05, 0.1) is 24.3 Å². The normalized spacial score (nSPS) is 15.1. The fourth-order valence-electron chi connectivity index (χ4n) is 3.16. The van der Waals surface area contributed by atoms with Gasteiger partial charge in [-0.15, -0.1) is 11.3 Å². The average Bonchev–Trinajstić information content (AvgIpc) is 3.04. The predicted molar refractivity (Wildman–Crippen MR) is 104 cm³/mol. The van der Waals surface area contributed by atoms with Gasteiger partial charge in [-0.05, 0) is 55.0 Å². The number of nitrogens with zero attached hydrogens (tertiary/aromatic N) is 1. The molecule has 1 aromatic carbocycles. The minimum atomic E-state index is -0.849. The van der Waals surface area contributed by atoms with E-state index in [0.29, 0.717) is 34.0 Å². The number of thiophene rings is 1. The first-order valence-electron chi connectivity index (χ1n) is 8.78. The molecule has 0 unspecified atom stereocenters. The Morgan fingerprint density at radius 1 is 1.21 bits per heavy atom. The molecule has 2 N–H and O–H groups in total. The van der Waals surface area contributed by atoms with E-state index in [2.05, 4.69) is 22.3 Å². The van der Waals surface area contributed by atoms with E-state index in [4.69, 9.17) is 5.26 Å². The van der Waals surface area contributed by atoms with Crippen LogP contribution in [-0.2, 0) is 17.6 Å². The fraction of sp³-hybridized carbons (Fsp3) is 0.300. The zero-order chi connectivity index (χ0) is 20.3. The van der Waals surface area contributed by atoms with Gasteiger partial charge in [0, 0.05) is 10.4 Å². The van der Waals surface area contributed by atoms with Gasteiger partial charge in [-0.25, -0.2) is 4.79 Å². The van der Waals surface area contributed by atoms with Crippen LogP contribution in [-0.4, -0.2) is 25.0 Å². The van der Waals surface area contributed by atoms with E-state index in [9.17, 15) is 14.4 Å². The monoisotopic (exact) mass is 397 g/mol. The molecule has 0 spiro atoms. The van der Waals surface area contributed by atoms with Crippen LogP contribution in [0, 0.1) is 17.2 Å². The molecule has 28 heavy (non-hydrogen) atoms. The third-order valence-electron chi connectivity index (χ3n) is 4.64. The summed E-state index contributed by atoms with van der Waals surface area (Å²) >= 11 is 1.36. The van der Waals surface area contributed by atoms with Gasteiger partial charge in [-0.2, -0.15) is 5.26 Å². The van der Waals surface area contributed by atoms with Crippen molar-refractivity contribution in [1.82, 2.24) is 5.32 Å². The number of hydrogen-bond donors (Lipinski definition) is 2. The standard InChI is InChI=1S/C20H19N3O4S/c1-11-3-8-14-15(9-11)28-19(16(14)18(25)23-20(26)27-2)22-17(24)13-6-4-12(10-21)5-7-13/h4-7,11H,3,8-9H2,1-2H3,(H,22,24)(H,23,25,26)/t11-/m1/s1. The minimum Gasteiger partial charge on any atom is -0.453 e. The number of fused-ring (bicyclic) bond motifs is 1. The van der Waals surface area contributed by atoms with Crippen LogP contribution < -0.4 is 10.6 Å². The van der Waals surface area contributed by atoms with E-state index in [1.165, 1.54) is 18.4 Å². The van der Waals surface area contributed by atoms with Crippen molar-refractivity contribution in [2.45, 2.75) is 26.2 Å². The second-order valence-electron chi connectivity index (χ2n) is 6.64. The summed E-state index contributed by atoms with van der Waals surface area (Å²) in [6.45, 7) is 2.14. The van der Waals surface area contributed by atoms with Gasteiger partial charge >= 0.3 is 6.09 Å². The van der Waals surface area contributed by atoms with E-state index < -0.39 is 12.0 Å². The molecule has 1 heterocycles. The molecule has 144 valence electrons. The van der Waals surface area contributed by atoms with Crippen molar-refractivity contribution in [3.8, 4) is 6.07 Å². The number of carbonyl (C=O) groups is 3. The van der Waals surface area contributed by atoms with Gasteiger partial charge in [0.25, 0.3) is 11.8 Å². The molecular formula is C20H19N3O4S. The maximum atomic E-state index is 12.7. The van der Waals surface area contributed by atoms with E-state index >= 15 is 0 Å². The van der Waals surface area contributed by atoms with Crippen molar-refractivity contribution >= 4 is 34.2 Å². The minimum absolute atomic E-state index is 0.319. The van der Waals surface area contributed by atoms with Gasteiger partial charge in [-0.1, -0.05) is 6.92 Å². The Morgan fingerprint density at radius 3 is 2.57 bits per heavy atom. The Bertz CT molecular complexity index is 973. The third kappa shape index (κ3) is 4.05. The molecule has 3 rings (SSSR count). The number of nitrogens with one attached hydrogen (secondary N) is 2. The molecule has 0 aliphatic heterocycles. The molecule has 0 bridgehead atoms. The van der Waals surface area contributed by atoms with Crippen molar-refractivity contribution in [1.29, 1.82) is 5.26 Å². The number of benzene rings is 1. The zero-order valence-corrected chi connectivity index (χ0v) is 16.3. The topological polar surface area (TPSA) is 108 Å². The molecule has 1 aliphatic carbocycles. The van der Waals surface area contributed by atoms with E-state index in [1.807, 2.05) is 6.07 Å². The number of ether oxygens (including phenoxy) is 1. The molecule has 3 amide bonds. The lowest BCUT2D eigenvalue weighted by molar-refractivity contribution is 0.0937. The Labute approximate surface area is 166 Å². The SMILES string of the molecule is COC(=O)NC(=O)c1c(NC(=O)c2ccc(C#N)cc2)sc2c1CC[C@@H](C)C2. The molecule has 0 radical (unpaired) electrons. The number of rotatable bonds is 3. The maximum Gasteiger partial charge on any atom is 0.413 e. The van der Waals surface area contributed by atoms with Crippen LogP contribution >= 0.6 is 11.3 Å². The first-order valence-corrected chi connectivity index (χ1v) is 9.60. The van der Waals surface area contributed by atoms with Gasteiger partial charge < -0.3 is 10.1 Å². The Morgan fingerprint density at radius 2 is 1.93 bits per heavy atom. The summed E-state index contributed by atoms with van der Waals surface area (Å²) in [5.74, 6) is -0.484. The molecule has 2 aromatic rings. The number of amides is 3. The van der Waals surface area contributed by atoms with Crippen LogP contribution in [0.2, 0.25) is 0 Å². The number of alkyl carbamates (subject to hydrolysis) is 1. The Kier molecular flexibility index (Phi) is 5.76. The predicted octanol–water partition coefficient (Wildman–Crippen LogP) is 3.49. The van der Waals surface area contributed by atoms with E-state index in [1.54, 1.807) is 24.3 Å². The highest BCUT2D eigenvalue weighted by Crippen LogP contribution is 2.39. The van der Waals surface area contributed by atoms with Crippen molar-refractivity contribution < 1.29 is 19.1 Å². The number of carbonyl (C=O) groups excluding carboxylic acids is 3. The van der Waals surface area contributed by atoms with Gasteiger partial charge in [0.2, 0.25) is 0 Å². The van der Waals surface area contributed by atoms with Crippen molar-refractivity contribution in [3.63, 3.8) is 0 Å². The first kappa shape index (κ1) is 19.6. The van der Waals surface area contributed by atoms with Crippen LogP contribution in [0.5, 0.6) is 0 Å². The number of hydrogen-bond acceptors (Lipinski definition) is 6. The van der Waals surface area contributed by atoms with Crippen LogP contribution in [0.3, 0.4) is 0 Å². The van der Waals surface area contributed by atoms with E-state index in [0.717, 1.165) is 23.3 Å². The van der Waals surface area contributed by atoms with Gasteiger partial charge in [0.15, 0.2) is 0 Å². The van der Waals surface area contributed by atoms with E-state index in [-0.39, 0.29) is 5.91 Å². The number of methoxy groups -OCH3 is 1. The van der Waals surface area contributed by atoms with Crippen LogP contribution in [0.25, 0.3) is 0 Å². The first-order chi connectivity index (χ1) is 13.4. The summed E-state index contributed by atoms with van der Waals surface area (Å²) in [5.41, 5.74) is 2.02. The lowest BCUT2D eigenvalue weighted by Crippen LogP contribution is -2.31. The molecule has 0 saturated heterocycles. The second kappa shape index (κ2) is 8.23. The van der Waals surface area contributed by atoms with Crippen LogP contribution in [0.15, 0.2) is 24.3 Å². The quantitative estimate of drug-likeness (QED) is 0.824. The highest BCUT2D eigenvalue weighted by molar-refractivity contribution is 7.17. The van der Waals surface area contributed by atoms with Crippen LogP contribution in [0.4, 0.5) is 9.80 Å². The zero-order valence-electron chi connectivity index (χ0n) is 15.5. The average molecular weight is 397 g/mol. The molecular weight excluding hydrogens is 378 g/mol. The lowest BCUT2D eigenvalue weighted by atomic mass is 9.88. The number of imide groups is 1. The lowest BCUT2D eigenvalue weighted by Gasteiger charge is -2.18. The maximum absolute atomic E-state index is 12.7. The summed E-state index contributed by atoms with van der Waals surface area (Å²) in [6.07, 6.45) is 1.62. The summed E-state index contributed by atoms with van der Waals surface area (Å²) in [4.78, 5) is 37.8. The fourth-order valence-corrected chi connectivity index (χ4v) is 4.56. The van der Waals surface area contributed by atoms with Crippen molar-refractivity contribution in [2.24, 2.45) is 5.92 Å². The second-order valence-corrected chi connectivity index (χ2v) is 7.75. The molecule has 8 heteroatoms. The summed E-state index contributed by atoms with van der Waals surface area (Å²) in [7, 11) is 1.18. The highest BCUT2D eigenvalue weighted by Gasteiger charge is 2.29. The van der Waals surface area contributed by atoms with Crippen LogP contribution in [0.1, 0.15) is 50.1 Å². The highest BCUT2D eigenvalue weighted by atomic mass is 32.1. The van der Waals surface area contributed by atoms with Gasteiger partial charge in [-0.3, -0.25) is 14.9 Å². The molecule has 1 aromatic heterocycles. The summed E-state index contributed by atoms with van der Waals surface area (Å²) in [6, 6.07) is 8.22. The third-order valence-corrected chi connectivity index (χ3v) is 5.81. The molecule has 7 nitrogen and oxygen atoms in total. The molecule has 1 aliphatic rings. The molecule has 1 atom stereocenters. The Hall–Kier alpha value is -3.18. The van der Waals surface area contributed by atoms with Crippen molar-refractivity contribution in [3.05, 3.63) is 51.4 Å². The summed E-state index contributed by atoms with van der Waals surface area (Å²) < 4.78 is 4.51. The smallest absolute Gasteiger partial charge is 0.413 e. The van der Waals surface area contributed by atoms with Crippen molar-refractivity contribution in [2.75, 3.05) is 12.4 Å². The number of anilines is 1. The largest absolute Gasteiger partial charge is 0.453 e. The summed E-state index contributed by atoms with van der Waals surface area (Å²) in [5, 5.41) is 14.3. The Balaban J connectivity index is 1.92. The molecule has 0 saturated carbocycles.